The van der Waals surface area contributed by atoms with Gasteiger partial charge in [0.25, 0.3) is 0 Å². The number of hydrogen-bond acceptors (Lipinski definition) is 3. The van der Waals surface area contributed by atoms with Gasteiger partial charge in [0.05, 0.1) is 5.39 Å². The number of fused-ring (bicyclic) bond motifs is 1. The van der Waals surface area contributed by atoms with Crippen LogP contribution in [0.25, 0.3) is 11.0 Å². The molecule has 2 heterocycles. The smallest absolute Gasteiger partial charge is 0.142 e. The monoisotopic (exact) mass is 218 g/mol. The lowest BCUT2D eigenvalue weighted by atomic mass is 10.1. The molecule has 0 fully saturated rings. The van der Waals surface area contributed by atoms with Gasteiger partial charge in [-0.1, -0.05) is 13.3 Å². The molecule has 2 rings (SSSR count). The second-order valence-electron chi connectivity index (χ2n) is 4.19. The number of hydrogen-bond donors (Lipinski definition) is 1. The van der Waals surface area contributed by atoms with Crippen molar-refractivity contribution in [1.82, 2.24) is 15.0 Å². The van der Waals surface area contributed by atoms with Gasteiger partial charge >= 0.3 is 0 Å². The molecular formula is C12H18N4. The lowest BCUT2D eigenvalue weighted by Gasteiger charge is -2.25. The summed E-state index contributed by atoms with van der Waals surface area (Å²) in [4.78, 5) is 13.9. The van der Waals surface area contributed by atoms with Crippen LogP contribution in [0.3, 0.4) is 0 Å². The second-order valence-corrected chi connectivity index (χ2v) is 4.19. The average Bonchev–Trinajstić information content (AvgIpc) is 2.76. The number of anilines is 1. The predicted octanol–water partition coefficient (Wildman–Crippen LogP) is 2.58. The largest absolute Gasteiger partial charge is 0.356 e. The molecule has 1 N–H and O–H groups in total. The molecule has 2 aromatic heterocycles. The van der Waals surface area contributed by atoms with Gasteiger partial charge in [0, 0.05) is 19.3 Å². The Balaban J connectivity index is 2.35. The fraction of sp³-hybridized carbons (Fsp3) is 0.500. The normalized spacial score (nSPS) is 12.9. The molecule has 4 heteroatoms. The van der Waals surface area contributed by atoms with Gasteiger partial charge in [-0.3, -0.25) is 0 Å². The van der Waals surface area contributed by atoms with Crippen molar-refractivity contribution in [3.8, 4) is 0 Å². The maximum atomic E-state index is 4.38. The SMILES string of the molecule is CCCC(C)N(C)c1ncnc2[nH]ccc12. The summed E-state index contributed by atoms with van der Waals surface area (Å²) in [6, 6.07) is 2.53. The van der Waals surface area contributed by atoms with Crippen LogP contribution in [0, 0.1) is 0 Å². The van der Waals surface area contributed by atoms with Crippen LogP contribution in [0.5, 0.6) is 0 Å². The Morgan fingerprint density at radius 1 is 1.44 bits per heavy atom. The van der Waals surface area contributed by atoms with E-state index in [1.165, 1.54) is 12.8 Å². The maximum absolute atomic E-state index is 4.38. The molecule has 0 saturated heterocycles. The summed E-state index contributed by atoms with van der Waals surface area (Å²) in [6.07, 6.45) is 5.88. The third-order valence-corrected chi connectivity index (χ3v) is 3.03. The van der Waals surface area contributed by atoms with Crippen molar-refractivity contribution in [1.29, 1.82) is 0 Å². The van der Waals surface area contributed by atoms with Crippen molar-refractivity contribution in [2.45, 2.75) is 32.7 Å². The van der Waals surface area contributed by atoms with E-state index in [4.69, 9.17) is 0 Å². The van der Waals surface area contributed by atoms with E-state index < -0.39 is 0 Å². The van der Waals surface area contributed by atoms with Crippen molar-refractivity contribution < 1.29 is 0 Å². The number of H-pyrrole nitrogens is 1. The molecule has 1 atom stereocenters. The molecular weight excluding hydrogens is 200 g/mol. The van der Waals surface area contributed by atoms with E-state index >= 15 is 0 Å². The fourth-order valence-corrected chi connectivity index (χ4v) is 1.96. The van der Waals surface area contributed by atoms with Crippen LogP contribution in [-0.2, 0) is 0 Å². The molecule has 0 aliphatic heterocycles. The Labute approximate surface area is 95.7 Å². The minimum absolute atomic E-state index is 0.498. The van der Waals surface area contributed by atoms with Gasteiger partial charge in [0.2, 0.25) is 0 Å². The van der Waals surface area contributed by atoms with E-state index in [-0.39, 0.29) is 0 Å². The predicted molar refractivity (Wildman–Crippen MR) is 66.7 cm³/mol. The lowest BCUT2D eigenvalue weighted by Crippen LogP contribution is -2.29. The molecule has 0 spiro atoms. The van der Waals surface area contributed by atoms with Crippen molar-refractivity contribution in [3.05, 3.63) is 18.6 Å². The van der Waals surface area contributed by atoms with Crippen LogP contribution in [0.4, 0.5) is 5.82 Å². The molecule has 16 heavy (non-hydrogen) atoms. The Hall–Kier alpha value is -1.58. The van der Waals surface area contributed by atoms with Gasteiger partial charge in [-0.2, -0.15) is 0 Å². The lowest BCUT2D eigenvalue weighted by molar-refractivity contribution is 0.612. The quantitative estimate of drug-likeness (QED) is 0.857. The Bertz CT molecular complexity index is 463. The zero-order valence-electron chi connectivity index (χ0n) is 10.1. The molecule has 1 unspecified atom stereocenters. The first kappa shape index (κ1) is 10.9. The van der Waals surface area contributed by atoms with Crippen molar-refractivity contribution in [2.75, 3.05) is 11.9 Å². The number of nitrogens with zero attached hydrogens (tertiary/aromatic N) is 3. The Kier molecular flexibility index (Phi) is 3.08. The first-order valence-electron chi connectivity index (χ1n) is 5.75. The molecule has 0 aromatic carbocycles. The standard InChI is InChI=1S/C12H18N4/c1-4-5-9(2)16(3)12-10-6-7-13-11(10)14-8-15-12/h6-9H,4-5H2,1-3H3,(H,13,14,15). The van der Waals surface area contributed by atoms with E-state index in [0.29, 0.717) is 6.04 Å². The average molecular weight is 218 g/mol. The van der Waals surface area contributed by atoms with Crippen LogP contribution < -0.4 is 4.90 Å². The maximum Gasteiger partial charge on any atom is 0.142 e. The highest BCUT2D eigenvalue weighted by Gasteiger charge is 2.13. The summed E-state index contributed by atoms with van der Waals surface area (Å²) < 4.78 is 0. The summed E-state index contributed by atoms with van der Waals surface area (Å²) in [7, 11) is 2.09. The van der Waals surface area contributed by atoms with Gasteiger partial charge in [0.1, 0.15) is 17.8 Å². The zero-order chi connectivity index (χ0) is 11.5. The van der Waals surface area contributed by atoms with E-state index in [2.05, 4.69) is 40.7 Å². The van der Waals surface area contributed by atoms with E-state index in [0.717, 1.165) is 16.9 Å². The molecule has 86 valence electrons. The van der Waals surface area contributed by atoms with Crippen molar-refractivity contribution >= 4 is 16.9 Å². The fourth-order valence-electron chi connectivity index (χ4n) is 1.96. The van der Waals surface area contributed by atoms with Crippen LogP contribution in [0.2, 0.25) is 0 Å². The van der Waals surface area contributed by atoms with Gasteiger partial charge in [-0.15, -0.1) is 0 Å². The molecule has 0 saturated carbocycles. The summed E-state index contributed by atoms with van der Waals surface area (Å²) >= 11 is 0. The third kappa shape index (κ3) is 1.87. The minimum atomic E-state index is 0.498. The Morgan fingerprint density at radius 2 is 2.25 bits per heavy atom. The zero-order valence-corrected chi connectivity index (χ0v) is 10.1. The van der Waals surface area contributed by atoms with Gasteiger partial charge in [-0.25, -0.2) is 9.97 Å². The molecule has 0 aliphatic carbocycles. The van der Waals surface area contributed by atoms with Crippen LogP contribution in [0.15, 0.2) is 18.6 Å². The number of aromatic amines is 1. The summed E-state index contributed by atoms with van der Waals surface area (Å²) in [5.74, 6) is 1.01. The number of aromatic nitrogens is 3. The molecule has 0 radical (unpaired) electrons. The number of nitrogens with one attached hydrogen (secondary N) is 1. The minimum Gasteiger partial charge on any atom is -0.356 e. The van der Waals surface area contributed by atoms with E-state index in [9.17, 15) is 0 Å². The van der Waals surface area contributed by atoms with Crippen LogP contribution >= 0.6 is 0 Å². The molecule has 2 aromatic rings. The molecule has 0 aliphatic rings. The van der Waals surface area contributed by atoms with Crippen molar-refractivity contribution in [3.63, 3.8) is 0 Å². The highest BCUT2D eigenvalue weighted by molar-refractivity contribution is 5.87. The van der Waals surface area contributed by atoms with E-state index in [1.807, 2.05) is 12.3 Å². The molecule has 0 amide bonds. The molecule has 4 nitrogen and oxygen atoms in total. The topological polar surface area (TPSA) is 44.8 Å². The van der Waals surface area contributed by atoms with Crippen LogP contribution in [-0.4, -0.2) is 28.0 Å². The highest BCUT2D eigenvalue weighted by Crippen LogP contribution is 2.23. The first-order chi connectivity index (χ1) is 7.74. The second kappa shape index (κ2) is 4.51. The van der Waals surface area contributed by atoms with Crippen molar-refractivity contribution in [2.24, 2.45) is 0 Å². The number of rotatable bonds is 4. The third-order valence-electron chi connectivity index (χ3n) is 3.03. The summed E-state index contributed by atoms with van der Waals surface area (Å²) in [5.41, 5.74) is 0.903. The van der Waals surface area contributed by atoms with Gasteiger partial charge in [-0.05, 0) is 19.4 Å². The summed E-state index contributed by atoms with van der Waals surface area (Å²) in [5, 5.41) is 1.09. The first-order valence-corrected chi connectivity index (χ1v) is 5.75. The molecule has 0 bridgehead atoms. The van der Waals surface area contributed by atoms with Gasteiger partial charge in [0.15, 0.2) is 0 Å². The van der Waals surface area contributed by atoms with Crippen LogP contribution in [0.1, 0.15) is 26.7 Å². The van der Waals surface area contributed by atoms with E-state index in [1.54, 1.807) is 6.33 Å². The summed E-state index contributed by atoms with van der Waals surface area (Å²) in [6.45, 7) is 4.43. The Morgan fingerprint density at radius 3 is 3.00 bits per heavy atom. The van der Waals surface area contributed by atoms with Gasteiger partial charge < -0.3 is 9.88 Å². The highest BCUT2D eigenvalue weighted by atomic mass is 15.2.